The first-order valence-electron chi connectivity index (χ1n) is 6.80. The summed E-state index contributed by atoms with van der Waals surface area (Å²) in [4.78, 5) is 16.7. The number of hydrogen-bond acceptors (Lipinski definition) is 3. The summed E-state index contributed by atoms with van der Waals surface area (Å²) < 4.78 is 0. The summed E-state index contributed by atoms with van der Waals surface area (Å²) in [5, 5.41) is 0. The largest absolute Gasteiger partial charge is 0.344 e. The van der Waals surface area contributed by atoms with Gasteiger partial charge in [-0.25, -0.2) is 0 Å². The lowest BCUT2D eigenvalue weighted by molar-refractivity contribution is -0.136. The molecule has 1 heterocycles. The first-order chi connectivity index (χ1) is 8.08. The van der Waals surface area contributed by atoms with Crippen LogP contribution >= 0.6 is 0 Å². The van der Waals surface area contributed by atoms with Crippen LogP contribution < -0.4 is 5.73 Å². The minimum atomic E-state index is -0.0817. The molecule has 1 aliphatic rings. The molecule has 0 spiro atoms. The monoisotopic (exact) mass is 255 g/mol. The quantitative estimate of drug-likeness (QED) is 0.809. The van der Waals surface area contributed by atoms with E-state index in [0.29, 0.717) is 6.54 Å². The van der Waals surface area contributed by atoms with Gasteiger partial charge in [0.1, 0.15) is 0 Å². The minimum absolute atomic E-state index is 0.0159. The molecule has 1 atom stereocenters. The average molecular weight is 255 g/mol. The number of likely N-dealkylation sites (N-methyl/N-ethyl adjacent to an activating group) is 1. The smallest absolute Gasteiger partial charge is 0.239 e. The van der Waals surface area contributed by atoms with Gasteiger partial charge in [0.2, 0.25) is 5.91 Å². The Hall–Kier alpha value is -0.610. The SMILES string of the molecule is CN1CC(C)(C)CN(C(C)(C)C)C(CCN)C1=O. The van der Waals surface area contributed by atoms with E-state index in [1.54, 1.807) is 0 Å². The summed E-state index contributed by atoms with van der Waals surface area (Å²) in [6.45, 7) is 13.2. The van der Waals surface area contributed by atoms with Crippen molar-refractivity contribution in [2.75, 3.05) is 26.7 Å². The zero-order valence-electron chi connectivity index (χ0n) is 12.8. The van der Waals surface area contributed by atoms with Gasteiger partial charge in [-0.1, -0.05) is 13.8 Å². The molecule has 18 heavy (non-hydrogen) atoms. The van der Waals surface area contributed by atoms with Crippen LogP contribution in [0.25, 0.3) is 0 Å². The second-order valence-electron chi connectivity index (χ2n) is 7.25. The van der Waals surface area contributed by atoms with Gasteiger partial charge in [-0.2, -0.15) is 0 Å². The zero-order chi connectivity index (χ0) is 14.1. The van der Waals surface area contributed by atoms with Gasteiger partial charge in [-0.3, -0.25) is 9.69 Å². The maximum absolute atomic E-state index is 12.5. The highest BCUT2D eigenvalue weighted by Crippen LogP contribution is 2.30. The lowest BCUT2D eigenvalue weighted by Gasteiger charge is -2.42. The van der Waals surface area contributed by atoms with Crippen LogP contribution in [0.3, 0.4) is 0 Å². The van der Waals surface area contributed by atoms with Crippen molar-refractivity contribution in [2.45, 2.75) is 52.6 Å². The normalized spacial score (nSPS) is 26.3. The second-order valence-corrected chi connectivity index (χ2v) is 7.25. The number of rotatable bonds is 2. The molecule has 1 rings (SSSR count). The molecule has 1 saturated heterocycles. The standard InChI is InChI=1S/C14H29N3O/c1-13(2,3)17-10-14(4,5)9-16(6)12(18)11(17)7-8-15/h11H,7-10,15H2,1-6H3. The second kappa shape index (κ2) is 5.17. The fourth-order valence-corrected chi connectivity index (χ4v) is 2.87. The number of carbonyl (C=O) groups is 1. The molecule has 0 radical (unpaired) electrons. The molecule has 1 fully saturated rings. The van der Waals surface area contributed by atoms with Gasteiger partial charge in [0, 0.05) is 25.7 Å². The summed E-state index contributed by atoms with van der Waals surface area (Å²) in [7, 11) is 1.90. The van der Waals surface area contributed by atoms with E-state index in [0.717, 1.165) is 19.5 Å². The van der Waals surface area contributed by atoms with Gasteiger partial charge in [-0.15, -0.1) is 0 Å². The van der Waals surface area contributed by atoms with E-state index in [1.807, 2.05) is 11.9 Å². The number of nitrogens with two attached hydrogens (primary N) is 1. The fourth-order valence-electron chi connectivity index (χ4n) is 2.87. The van der Waals surface area contributed by atoms with Crippen LogP contribution in [0.1, 0.15) is 41.0 Å². The third kappa shape index (κ3) is 3.45. The summed E-state index contributed by atoms with van der Waals surface area (Å²) in [5.41, 5.74) is 5.79. The molecule has 4 heteroatoms. The van der Waals surface area contributed by atoms with Gasteiger partial charge in [0.05, 0.1) is 6.04 Å². The lowest BCUT2D eigenvalue weighted by Crippen LogP contribution is -2.54. The van der Waals surface area contributed by atoms with E-state index in [-0.39, 0.29) is 22.9 Å². The van der Waals surface area contributed by atoms with Gasteiger partial charge in [0.25, 0.3) is 0 Å². The molecule has 0 saturated carbocycles. The molecule has 0 bridgehead atoms. The van der Waals surface area contributed by atoms with Gasteiger partial charge in [-0.05, 0) is 39.2 Å². The first-order valence-corrected chi connectivity index (χ1v) is 6.80. The summed E-state index contributed by atoms with van der Waals surface area (Å²) in [5.74, 6) is 0.209. The lowest BCUT2D eigenvalue weighted by atomic mass is 9.90. The Morgan fingerprint density at radius 1 is 1.33 bits per heavy atom. The predicted molar refractivity (Wildman–Crippen MR) is 75.3 cm³/mol. The van der Waals surface area contributed by atoms with Crippen LogP contribution in [0.5, 0.6) is 0 Å². The third-order valence-electron chi connectivity index (χ3n) is 3.60. The van der Waals surface area contributed by atoms with Crippen LogP contribution in [-0.2, 0) is 4.79 Å². The molecule has 106 valence electrons. The van der Waals surface area contributed by atoms with Crippen LogP contribution in [0.2, 0.25) is 0 Å². The van der Waals surface area contributed by atoms with Gasteiger partial charge < -0.3 is 10.6 Å². The van der Waals surface area contributed by atoms with E-state index >= 15 is 0 Å². The Morgan fingerprint density at radius 3 is 2.33 bits per heavy atom. The minimum Gasteiger partial charge on any atom is -0.344 e. The van der Waals surface area contributed by atoms with Crippen molar-refractivity contribution in [3.8, 4) is 0 Å². The molecule has 1 amide bonds. The third-order valence-corrected chi connectivity index (χ3v) is 3.60. The first kappa shape index (κ1) is 15.4. The molecule has 1 unspecified atom stereocenters. The van der Waals surface area contributed by atoms with Crippen LogP contribution in [0.4, 0.5) is 0 Å². The fraction of sp³-hybridized carbons (Fsp3) is 0.929. The molecule has 0 aromatic carbocycles. The van der Waals surface area contributed by atoms with Crippen molar-refractivity contribution in [2.24, 2.45) is 11.1 Å². The molecule has 0 aromatic rings. The van der Waals surface area contributed by atoms with Crippen molar-refractivity contribution in [1.29, 1.82) is 0 Å². The highest BCUT2D eigenvalue weighted by molar-refractivity contribution is 5.82. The van der Waals surface area contributed by atoms with Gasteiger partial charge >= 0.3 is 0 Å². The average Bonchev–Trinajstić information content (AvgIpc) is 2.27. The molecule has 4 nitrogen and oxygen atoms in total. The maximum atomic E-state index is 12.5. The van der Waals surface area contributed by atoms with Crippen molar-refractivity contribution in [3.05, 3.63) is 0 Å². The molecule has 0 aromatic heterocycles. The Labute approximate surface area is 111 Å². The van der Waals surface area contributed by atoms with Crippen molar-refractivity contribution in [1.82, 2.24) is 9.80 Å². The highest BCUT2D eigenvalue weighted by Gasteiger charge is 2.41. The molecule has 1 aliphatic heterocycles. The Balaban J connectivity index is 3.11. The summed E-state index contributed by atoms with van der Waals surface area (Å²) in [6.07, 6.45) is 0.733. The Morgan fingerprint density at radius 2 is 1.89 bits per heavy atom. The summed E-state index contributed by atoms with van der Waals surface area (Å²) in [6, 6.07) is -0.0817. The maximum Gasteiger partial charge on any atom is 0.239 e. The molecular formula is C14H29N3O. The van der Waals surface area contributed by atoms with Gasteiger partial charge in [0.15, 0.2) is 0 Å². The Bertz CT molecular complexity index is 307. The molecule has 2 N–H and O–H groups in total. The van der Waals surface area contributed by atoms with E-state index in [2.05, 4.69) is 39.5 Å². The van der Waals surface area contributed by atoms with Crippen molar-refractivity contribution >= 4 is 5.91 Å². The van der Waals surface area contributed by atoms with E-state index in [9.17, 15) is 4.79 Å². The number of hydrogen-bond donors (Lipinski definition) is 1. The zero-order valence-corrected chi connectivity index (χ0v) is 12.8. The van der Waals surface area contributed by atoms with Crippen LogP contribution in [-0.4, -0.2) is 54.0 Å². The predicted octanol–water partition coefficient (Wildman–Crippen LogP) is 1.30. The van der Waals surface area contributed by atoms with Crippen molar-refractivity contribution in [3.63, 3.8) is 0 Å². The van der Waals surface area contributed by atoms with E-state index in [1.165, 1.54) is 0 Å². The van der Waals surface area contributed by atoms with Crippen LogP contribution in [0, 0.1) is 5.41 Å². The highest BCUT2D eigenvalue weighted by atomic mass is 16.2. The number of carbonyl (C=O) groups excluding carboxylic acids is 1. The number of nitrogens with zero attached hydrogens (tertiary/aromatic N) is 2. The van der Waals surface area contributed by atoms with E-state index < -0.39 is 0 Å². The Kier molecular flexibility index (Phi) is 4.44. The summed E-state index contributed by atoms with van der Waals surface area (Å²) >= 11 is 0. The molecular weight excluding hydrogens is 226 g/mol. The number of amides is 1. The van der Waals surface area contributed by atoms with E-state index in [4.69, 9.17) is 5.73 Å². The topological polar surface area (TPSA) is 49.6 Å². The molecule has 0 aliphatic carbocycles. The van der Waals surface area contributed by atoms with Crippen molar-refractivity contribution < 1.29 is 4.79 Å². The van der Waals surface area contributed by atoms with Crippen LogP contribution in [0.15, 0.2) is 0 Å².